The van der Waals surface area contributed by atoms with Crippen LogP contribution in [0.2, 0.25) is 0 Å². The van der Waals surface area contributed by atoms with E-state index in [1.54, 1.807) is 13.2 Å². The summed E-state index contributed by atoms with van der Waals surface area (Å²) in [7, 11) is 1.65. The van der Waals surface area contributed by atoms with Crippen LogP contribution in [0.3, 0.4) is 0 Å². The number of aliphatic carboxylic acids is 1. The van der Waals surface area contributed by atoms with Crippen LogP contribution < -0.4 is 5.32 Å². The van der Waals surface area contributed by atoms with Gasteiger partial charge in [0.15, 0.2) is 5.78 Å². The first kappa shape index (κ1) is 14.3. The Hall–Kier alpha value is -2.11. The summed E-state index contributed by atoms with van der Waals surface area (Å²) in [6, 6.07) is 1.48. The molecule has 1 amide bonds. The molecule has 1 fully saturated rings. The number of carboxylic acids is 1. The van der Waals surface area contributed by atoms with Crippen LogP contribution in [0.4, 0.5) is 0 Å². The number of Topliss-reactive ketones (excluding diaryl/α,β-unsaturated/α-hetero) is 1. The van der Waals surface area contributed by atoms with E-state index < -0.39 is 17.4 Å². The molecule has 1 unspecified atom stereocenters. The zero-order chi connectivity index (χ0) is 15.1. The van der Waals surface area contributed by atoms with Gasteiger partial charge in [-0.1, -0.05) is 0 Å². The summed E-state index contributed by atoms with van der Waals surface area (Å²) in [6.45, 7) is 2.95. The van der Waals surface area contributed by atoms with E-state index in [0.717, 1.165) is 12.8 Å². The van der Waals surface area contributed by atoms with Gasteiger partial charge in [0.05, 0.1) is 0 Å². The monoisotopic (exact) mass is 278 g/mol. The number of aromatic nitrogens is 1. The predicted octanol–water partition coefficient (Wildman–Crippen LogP) is 1.21. The van der Waals surface area contributed by atoms with Crippen LogP contribution in [-0.2, 0) is 11.8 Å². The number of carbonyl (C=O) groups is 3. The van der Waals surface area contributed by atoms with Gasteiger partial charge in [-0.15, -0.1) is 0 Å². The van der Waals surface area contributed by atoms with Crippen molar-refractivity contribution in [3.05, 3.63) is 23.5 Å². The van der Waals surface area contributed by atoms with Gasteiger partial charge in [0.2, 0.25) is 0 Å². The molecule has 1 aromatic rings. The highest BCUT2D eigenvalue weighted by molar-refractivity contribution is 6.01. The van der Waals surface area contributed by atoms with Gasteiger partial charge in [-0.25, -0.2) is 4.79 Å². The topological polar surface area (TPSA) is 88.4 Å². The second-order valence-electron chi connectivity index (χ2n) is 5.52. The quantitative estimate of drug-likeness (QED) is 0.792. The minimum absolute atomic E-state index is 0.0310. The summed E-state index contributed by atoms with van der Waals surface area (Å²) >= 11 is 0. The molecule has 0 saturated heterocycles. The molecule has 1 aliphatic carbocycles. The van der Waals surface area contributed by atoms with Gasteiger partial charge in [0, 0.05) is 18.8 Å². The normalized spacial score (nSPS) is 17.4. The molecule has 1 atom stereocenters. The van der Waals surface area contributed by atoms with Crippen LogP contribution in [0, 0.1) is 5.92 Å². The molecule has 0 bridgehead atoms. The molecule has 108 valence electrons. The Bertz CT molecular complexity index is 586. The third kappa shape index (κ3) is 2.45. The molecular formula is C14H18N2O4. The van der Waals surface area contributed by atoms with E-state index in [1.165, 1.54) is 24.5 Å². The van der Waals surface area contributed by atoms with Crippen LogP contribution in [0.5, 0.6) is 0 Å². The SMILES string of the molecule is CC(=O)c1cc(C(=O)NC(C)(C(=O)O)C2CC2)n(C)c1. The molecule has 2 rings (SSSR count). The number of rotatable bonds is 5. The van der Waals surface area contributed by atoms with Crippen molar-refractivity contribution < 1.29 is 19.5 Å². The Kier molecular flexibility index (Phi) is 3.41. The number of nitrogens with one attached hydrogen (secondary N) is 1. The number of ketones is 1. The first-order valence-corrected chi connectivity index (χ1v) is 6.49. The fourth-order valence-corrected chi connectivity index (χ4v) is 2.27. The van der Waals surface area contributed by atoms with E-state index in [1.807, 2.05) is 0 Å². The highest BCUT2D eigenvalue weighted by Gasteiger charge is 2.48. The number of hydrogen-bond acceptors (Lipinski definition) is 3. The molecule has 0 aliphatic heterocycles. The van der Waals surface area contributed by atoms with E-state index in [0.29, 0.717) is 5.56 Å². The minimum Gasteiger partial charge on any atom is -0.480 e. The molecule has 6 heteroatoms. The second kappa shape index (κ2) is 4.77. The van der Waals surface area contributed by atoms with Crippen LogP contribution in [0.1, 0.15) is 47.5 Å². The van der Waals surface area contributed by atoms with Crippen molar-refractivity contribution in [2.45, 2.75) is 32.2 Å². The zero-order valence-corrected chi connectivity index (χ0v) is 11.8. The standard InChI is InChI=1S/C14H18N2O4/c1-8(17)9-6-11(16(3)7-9)12(18)15-14(2,13(19)20)10-4-5-10/h6-7,10H,4-5H2,1-3H3,(H,15,18)(H,19,20). The minimum atomic E-state index is -1.25. The van der Waals surface area contributed by atoms with Crippen molar-refractivity contribution in [2.75, 3.05) is 0 Å². The fourth-order valence-electron chi connectivity index (χ4n) is 2.27. The predicted molar refractivity (Wildman–Crippen MR) is 71.6 cm³/mol. The Labute approximate surface area is 116 Å². The van der Waals surface area contributed by atoms with Crippen molar-refractivity contribution in [3.8, 4) is 0 Å². The summed E-state index contributed by atoms with van der Waals surface area (Å²) in [5.74, 6) is -1.68. The van der Waals surface area contributed by atoms with Gasteiger partial charge in [0.1, 0.15) is 11.2 Å². The van der Waals surface area contributed by atoms with E-state index >= 15 is 0 Å². The lowest BCUT2D eigenvalue weighted by atomic mass is 9.96. The summed E-state index contributed by atoms with van der Waals surface area (Å²) < 4.78 is 1.53. The Balaban J connectivity index is 2.23. The van der Waals surface area contributed by atoms with Crippen LogP contribution in [0.25, 0.3) is 0 Å². The van der Waals surface area contributed by atoms with E-state index in [9.17, 15) is 19.5 Å². The lowest BCUT2D eigenvalue weighted by Crippen LogP contribution is -2.54. The Morgan fingerprint density at radius 3 is 2.40 bits per heavy atom. The maximum Gasteiger partial charge on any atom is 0.329 e. The van der Waals surface area contributed by atoms with Gasteiger partial charge in [-0.3, -0.25) is 9.59 Å². The highest BCUT2D eigenvalue weighted by Crippen LogP contribution is 2.39. The van der Waals surface area contributed by atoms with Crippen LogP contribution in [0.15, 0.2) is 12.3 Å². The Morgan fingerprint density at radius 1 is 1.40 bits per heavy atom. The van der Waals surface area contributed by atoms with Crippen molar-refractivity contribution >= 4 is 17.7 Å². The van der Waals surface area contributed by atoms with Gasteiger partial charge in [0.25, 0.3) is 5.91 Å². The van der Waals surface area contributed by atoms with Crippen molar-refractivity contribution in [1.29, 1.82) is 0 Å². The molecular weight excluding hydrogens is 260 g/mol. The first-order valence-electron chi connectivity index (χ1n) is 6.49. The maximum absolute atomic E-state index is 12.2. The summed E-state index contributed by atoms with van der Waals surface area (Å²) in [5, 5.41) is 11.9. The molecule has 1 heterocycles. The zero-order valence-electron chi connectivity index (χ0n) is 11.8. The number of carboxylic acid groups (broad SMARTS) is 1. The third-order valence-electron chi connectivity index (χ3n) is 3.86. The molecule has 0 aromatic carbocycles. The molecule has 0 spiro atoms. The molecule has 2 N–H and O–H groups in total. The van der Waals surface area contributed by atoms with Crippen LogP contribution >= 0.6 is 0 Å². The smallest absolute Gasteiger partial charge is 0.329 e. The van der Waals surface area contributed by atoms with E-state index in [-0.39, 0.29) is 17.4 Å². The molecule has 20 heavy (non-hydrogen) atoms. The molecule has 0 radical (unpaired) electrons. The molecule has 1 saturated carbocycles. The largest absolute Gasteiger partial charge is 0.480 e. The van der Waals surface area contributed by atoms with E-state index in [4.69, 9.17) is 0 Å². The molecule has 6 nitrogen and oxygen atoms in total. The van der Waals surface area contributed by atoms with Gasteiger partial charge < -0.3 is 15.0 Å². The van der Waals surface area contributed by atoms with Gasteiger partial charge in [-0.05, 0) is 38.7 Å². The lowest BCUT2D eigenvalue weighted by Gasteiger charge is -2.26. The summed E-state index contributed by atoms with van der Waals surface area (Å²) in [5.41, 5.74) is -0.540. The Morgan fingerprint density at radius 2 is 2.00 bits per heavy atom. The van der Waals surface area contributed by atoms with E-state index in [2.05, 4.69) is 5.32 Å². The number of carbonyl (C=O) groups excluding carboxylic acids is 2. The summed E-state index contributed by atoms with van der Waals surface area (Å²) in [4.78, 5) is 34.9. The third-order valence-corrected chi connectivity index (χ3v) is 3.86. The van der Waals surface area contributed by atoms with Crippen molar-refractivity contribution in [3.63, 3.8) is 0 Å². The van der Waals surface area contributed by atoms with Gasteiger partial charge >= 0.3 is 5.97 Å². The average Bonchev–Trinajstić information content (AvgIpc) is 3.12. The highest BCUT2D eigenvalue weighted by atomic mass is 16.4. The number of aryl methyl sites for hydroxylation is 1. The lowest BCUT2D eigenvalue weighted by molar-refractivity contribution is -0.144. The molecule has 1 aromatic heterocycles. The average molecular weight is 278 g/mol. The number of nitrogens with zero attached hydrogens (tertiary/aromatic N) is 1. The fraction of sp³-hybridized carbons (Fsp3) is 0.500. The van der Waals surface area contributed by atoms with Crippen molar-refractivity contribution in [1.82, 2.24) is 9.88 Å². The first-order chi connectivity index (χ1) is 9.25. The van der Waals surface area contributed by atoms with Crippen LogP contribution in [-0.4, -0.2) is 32.9 Å². The number of amides is 1. The number of hydrogen-bond donors (Lipinski definition) is 2. The molecule has 1 aliphatic rings. The second-order valence-corrected chi connectivity index (χ2v) is 5.52. The van der Waals surface area contributed by atoms with Gasteiger partial charge in [-0.2, -0.15) is 0 Å². The van der Waals surface area contributed by atoms with Crippen molar-refractivity contribution in [2.24, 2.45) is 13.0 Å². The maximum atomic E-state index is 12.2. The summed E-state index contributed by atoms with van der Waals surface area (Å²) in [6.07, 6.45) is 3.16.